The minimum absolute atomic E-state index is 0.00491. The van der Waals surface area contributed by atoms with Crippen LogP contribution in [0.15, 0.2) is 0 Å². The summed E-state index contributed by atoms with van der Waals surface area (Å²) in [4.78, 5) is 17.1. The molecule has 1 amide bonds. The molecule has 0 aliphatic carbocycles. The van der Waals surface area contributed by atoms with E-state index >= 15 is 0 Å². The minimum atomic E-state index is -0.248. The van der Waals surface area contributed by atoms with Crippen molar-refractivity contribution in [3.63, 3.8) is 0 Å². The lowest BCUT2D eigenvalue weighted by atomic mass is 10.1. The molecule has 0 saturated carbocycles. The number of ether oxygens (including phenoxy) is 1. The molecular weight excluding hydrogens is 184 g/mol. The predicted molar refractivity (Wildman–Crippen MR) is 49.5 cm³/mol. The van der Waals surface area contributed by atoms with Crippen LogP contribution >= 0.6 is 0 Å². The normalized spacial score (nSPS) is 33.4. The van der Waals surface area contributed by atoms with Gasteiger partial charge >= 0.3 is 0 Å². The number of nitrogens with one attached hydrogen (secondary N) is 1. The van der Waals surface area contributed by atoms with Gasteiger partial charge in [-0.25, -0.2) is 5.06 Å². The van der Waals surface area contributed by atoms with Gasteiger partial charge < -0.3 is 10.1 Å². The third kappa shape index (κ3) is 1.89. The first kappa shape index (κ1) is 9.89. The number of hydroxylamine groups is 2. The van der Waals surface area contributed by atoms with Gasteiger partial charge in [0.15, 0.2) is 0 Å². The lowest BCUT2D eigenvalue weighted by Gasteiger charge is -2.31. The number of amides is 1. The van der Waals surface area contributed by atoms with Crippen molar-refractivity contribution in [2.45, 2.75) is 25.5 Å². The highest BCUT2D eigenvalue weighted by atomic mass is 16.7. The minimum Gasteiger partial charge on any atom is -0.375 e. The summed E-state index contributed by atoms with van der Waals surface area (Å²) >= 11 is 0. The van der Waals surface area contributed by atoms with E-state index in [9.17, 15) is 4.79 Å². The summed E-state index contributed by atoms with van der Waals surface area (Å²) in [6.07, 6.45) is 0.855. The zero-order valence-electron chi connectivity index (χ0n) is 8.36. The summed E-state index contributed by atoms with van der Waals surface area (Å²) in [5.74, 6) is -0.00491. The monoisotopic (exact) mass is 200 g/mol. The second-order valence-corrected chi connectivity index (χ2v) is 3.63. The first-order valence-electron chi connectivity index (χ1n) is 5.08. The molecule has 14 heavy (non-hydrogen) atoms. The van der Waals surface area contributed by atoms with Crippen molar-refractivity contribution in [1.82, 2.24) is 10.4 Å². The van der Waals surface area contributed by atoms with Gasteiger partial charge in [-0.05, 0) is 13.3 Å². The predicted octanol–water partition coefficient (Wildman–Crippen LogP) is -0.473. The van der Waals surface area contributed by atoms with Crippen molar-refractivity contribution >= 4 is 5.91 Å². The highest BCUT2D eigenvalue weighted by Crippen LogP contribution is 2.11. The van der Waals surface area contributed by atoms with E-state index in [2.05, 4.69) is 5.32 Å². The molecule has 0 radical (unpaired) electrons. The van der Waals surface area contributed by atoms with Crippen LogP contribution in [0.5, 0.6) is 0 Å². The van der Waals surface area contributed by atoms with E-state index in [1.807, 2.05) is 6.92 Å². The van der Waals surface area contributed by atoms with E-state index in [0.717, 1.165) is 13.0 Å². The van der Waals surface area contributed by atoms with E-state index in [0.29, 0.717) is 19.8 Å². The summed E-state index contributed by atoms with van der Waals surface area (Å²) in [7, 11) is 0. The zero-order valence-corrected chi connectivity index (χ0v) is 8.36. The molecule has 5 heteroatoms. The molecule has 2 fully saturated rings. The van der Waals surface area contributed by atoms with E-state index in [1.54, 1.807) is 0 Å². The molecule has 1 N–H and O–H groups in total. The van der Waals surface area contributed by atoms with Crippen LogP contribution in [0.4, 0.5) is 0 Å². The Labute approximate surface area is 83.3 Å². The average molecular weight is 200 g/mol. The summed E-state index contributed by atoms with van der Waals surface area (Å²) in [6.45, 7) is 4.66. The van der Waals surface area contributed by atoms with E-state index < -0.39 is 0 Å². The van der Waals surface area contributed by atoms with Crippen molar-refractivity contribution in [3.8, 4) is 0 Å². The van der Waals surface area contributed by atoms with Crippen LogP contribution in [-0.4, -0.2) is 49.4 Å². The molecule has 0 bridgehead atoms. The van der Waals surface area contributed by atoms with Gasteiger partial charge in [-0.3, -0.25) is 9.63 Å². The molecule has 2 saturated heterocycles. The highest BCUT2D eigenvalue weighted by molar-refractivity contribution is 5.81. The van der Waals surface area contributed by atoms with Crippen molar-refractivity contribution in [1.29, 1.82) is 0 Å². The SMILES string of the molecule is CC1OCCNC1C(=O)N1CCCO1. The van der Waals surface area contributed by atoms with Gasteiger partial charge in [0.2, 0.25) is 0 Å². The fourth-order valence-electron chi connectivity index (χ4n) is 1.79. The molecule has 2 heterocycles. The van der Waals surface area contributed by atoms with Gasteiger partial charge in [-0.1, -0.05) is 0 Å². The number of carbonyl (C=O) groups excluding carboxylic acids is 1. The Morgan fingerprint density at radius 3 is 3.00 bits per heavy atom. The van der Waals surface area contributed by atoms with Gasteiger partial charge in [0.05, 0.1) is 25.9 Å². The van der Waals surface area contributed by atoms with E-state index in [4.69, 9.17) is 9.57 Å². The van der Waals surface area contributed by atoms with Crippen molar-refractivity contribution in [3.05, 3.63) is 0 Å². The largest absolute Gasteiger partial charge is 0.375 e. The molecule has 5 nitrogen and oxygen atoms in total. The maximum Gasteiger partial charge on any atom is 0.265 e. The van der Waals surface area contributed by atoms with Crippen molar-refractivity contribution in [2.24, 2.45) is 0 Å². The number of hydrogen-bond donors (Lipinski definition) is 1. The molecule has 2 atom stereocenters. The van der Waals surface area contributed by atoms with Gasteiger partial charge in [-0.2, -0.15) is 0 Å². The summed E-state index contributed by atoms with van der Waals surface area (Å²) in [6, 6.07) is -0.248. The fraction of sp³-hybridized carbons (Fsp3) is 0.889. The molecule has 0 aromatic rings. The van der Waals surface area contributed by atoms with Crippen LogP contribution < -0.4 is 5.32 Å². The Morgan fingerprint density at radius 1 is 1.50 bits per heavy atom. The second kappa shape index (κ2) is 4.25. The Balaban J connectivity index is 1.94. The first-order valence-corrected chi connectivity index (χ1v) is 5.08. The van der Waals surface area contributed by atoms with Gasteiger partial charge in [-0.15, -0.1) is 0 Å². The van der Waals surface area contributed by atoms with E-state index in [-0.39, 0.29) is 18.1 Å². The van der Waals surface area contributed by atoms with Gasteiger partial charge in [0, 0.05) is 6.54 Å². The lowest BCUT2D eigenvalue weighted by molar-refractivity contribution is -0.176. The van der Waals surface area contributed by atoms with Crippen LogP contribution in [0, 0.1) is 0 Å². The molecule has 2 aliphatic heterocycles. The smallest absolute Gasteiger partial charge is 0.265 e. The number of morpholine rings is 1. The van der Waals surface area contributed by atoms with Crippen LogP contribution in [0.25, 0.3) is 0 Å². The molecular formula is C9H16N2O3. The molecule has 2 rings (SSSR count). The third-order valence-electron chi connectivity index (χ3n) is 2.58. The average Bonchev–Trinajstić information content (AvgIpc) is 2.70. The van der Waals surface area contributed by atoms with E-state index in [1.165, 1.54) is 5.06 Å². The van der Waals surface area contributed by atoms with Gasteiger partial charge in [0.1, 0.15) is 6.04 Å². The lowest BCUT2D eigenvalue weighted by Crippen LogP contribution is -2.55. The number of carbonyl (C=O) groups is 1. The van der Waals surface area contributed by atoms with Gasteiger partial charge in [0.25, 0.3) is 5.91 Å². The quantitative estimate of drug-likeness (QED) is 0.621. The molecule has 2 unspecified atom stereocenters. The van der Waals surface area contributed by atoms with Crippen LogP contribution in [-0.2, 0) is 14.4 Å². The number of nitrogens with zero attached hydrogens (tertiary/aromatic N) is 1. The van der Waals surface area contributed by atoms with Crippen LogP contribution in [0.1, 0.15) is 13.3 Å². The third-order valence-corrected chi connectivity index (χ3v) is 2.58. The Morgan fingerprint density at radius 2 is 2.36 bits per heavy atom. The second-order valence-electron chi connectivity index (χ2n) is 3.63. The molecule has 0 aromatic heterocycles. The topological polar surface area (TPSA) is 50.8 Å². The van der Waals surface area contributed by atoms with Crippen molar-refractivity contribution < 1.29 is 14.4 Å². The maximum absolute atomic E-state index is 11.9. The number of hydrogen-bond acceptors (Lipinski definition) is 4. The summed E-state index contributed by atoms with van der Waals surface area (Å²) in [5.41, 5.74) is 0. The summed E-state index contributed by atoms with van der Waals surface area (Å²) < 4.78 is 5.41. The van der Waals surface area contributed by atoms with Crippen molar-refractivity contribution in [2.75, 3.05) is 26.3 Å². The first-order chi connectivity index (χ1) is 6.79. The maximum atomic E-state index is 11.9. The standard InChI is InChI=1S/C9H16N2O3/c1-7-8(10-3-6-13-7)9(12)11-4-2-5-14-11/h7-8,10H,2-6H2,1H3. The summed E-state index contributed by atoms with van der Waals surface area (Å²) in [5, 5.41) is 4.60. The Bertz CT molecular complexity index is 216. The highest BCUT2D eigenvalue weighted by Gasteiger charge is 2.33. The van der Waals surface area contributed by atoms with Crippen LogP contribution in [0.3, 0.4) is 0 Å². The molecule has 0 spiro atoms. The fourth-order valence-corrected chi connectivity index (χ4v) is 1.79. The molecule has 0 aromatic carbocycles. The zero-order chi connectivity index (χ0) is 9.97. The van der Waals surface area contributed by atoms with Crippen LogP contribution in [0.2, 0.25) is 0 Å². The Kier molecular flexibility index (Phi) is 3.00. The number of rotatable bonds is 1. The Hall–Kier alpha value is -0.650. The molecule has 2 aliphatic rings. The molecule has 80 valence electrons.